The Hall–Kier alpha value is -2.01. The van der Waals surface area contributed by atoms with Crippen LogP contribution >= 0.6 is 0 Å². The van der Waals surface area contributed by atoms with E-state index in [2.05, 4.69) is 4.74 Å². The fourth-order valence-corrected chi connectivity index (χ4v) is 1.41. The average Bonchev–Trinajstić information content (AvgIpc) is 2.69. The van der Waals surface area contributed by atoms with Crippen LogP contribution in [0.5, 0.6) is 5.75 Å². The molecule has 0 fully saturated rings. The lowest BCUT2D eigenvalue weighted by Gasteiger charge is -2.03. The van der Waals surface area contributed by atoms with Gasteiger partial charge < -0.3 is 19.4 Å². The maximum absolute atomic E-state index is 11.1. The minimum absolute atomic E-state index is 0.0902. The highest BCUT2D eigenvalue weighted by Gasteiger charge is 2.22. The summed E-state index contributed by atoms with van der Waals surface area (Å²) in [5.74, 6) is -0.608. The van der Waals surface area contributed by atoms with Crippen molar-refractivity contribution in [1.82, 2.24) is 0 Å². The Balaban J connectivity index is 2.43. The summed E-state index contributed by atoms with van der Waals surface area (Å²) in [5, 5.41) is 19.4. The van der Waals surface area contributed by atoms with Gasteiger partial charge in [-0.05, 0) is 24.3 Å². The Kier molecular flexibility index (Phi) is 2.54. The van der Waals surface area contributed by atoms with Crippen LogP contribution in [-0.2, 0) is 9.53 Å². The number of hydrogen-bond donors (Lipinski definition) is 2. The van der Waals surface area contributed by atoms with Gasteiger partial charge in [0.1, 0.15) is 17.1 Å². The number of carbonyl (C=O) groups is 1. The first kappa shape index (κ1) is 10.5. The van der Waals surface area contributed by atoms with Gasteiger partial charge in [0, 0.05) is 5.39 Å². The Morgan fingerprint density at radius 2 is 2.19 bits per heavy atom. The van der Waals surface area contributed by atoms with Crippen LogP contribution in [0.1, 0.15) is 11.9 Å². The van der Waals surface area contributed by atoms with Crippen molar-refractivity contribution in [2.75, 3.05) is 7.11 Å². The van der Waals surface area contributed by atoms with Crippen molar-refractivity contribution >= 4 is 16.9 Å². The molecule has 84 valence electrons. The van der Waals surface area contributed by atoms with Crippen molar-refractivity contribution in [3.05, 3.63) is 30.0 Å². The summed E-state index contributed by atoms with van der Waals surface area (Å²) in [7, 11) is 1.18. The number of fused-ring (bicyclic) bond motifs is 1. The van der Waals surface area contributed by atoms with Gasteiger partial charge in [0.05, 0.1) is 7.11 Å². The number of methoxy groups -OCH3 is 1. The van der Waals surface area contributed by atoms with E-state index < -0.39 is 12.1 Å². The van der Waals surface area contributed by atoms with E-state index >= 15 is 0 Å². The summed E-state index contributed by atoms with van der Waals surface area (Å²) in [6.45, 7) is 0. The standard InChI is InChI=1S/C11H10O5/c1-15-11(14)10(13)9-5-6-4-7(12)2-3-8(6)16-9/h2-5,10,12-13H,1H3. The molecule has 0 amide bonds. The number of aliphatic hydroxyl groups is 1. The van der Waals surface area contributed by atoms with Gasteiger partial charge in [-0.3, -0.25) is 0 Å². The van der Waals surface area contributed by atoms with Crippen molar-refractivity contribution in [3.8, 4) is 5.75 Å². The Bertz CT molecular complexity index is 528. The molecule has 1 unspecified atom stereocenters. The molecule has 5 nitrogen and oxygen atoms in total. The summed E-state index contributed by atoms with van der Waals surface area (Å²) >= 11 is 0. The van der Waals surface area contributed by atoms with Crippen LogP contribution in [0.25, 0.3) is 11.0 Å². The van der Waals surface area contributed by atoms with Crippen LogP contribution in [0.15, 0.2) is 28.7 Å². The molecule has 16 heavy (non-hydrogen) atoms. The molecule has 0 aliphatic heterocycles. The highest BCUT2D eigenvalue weighted by Crippen LogP contribution is 2.27. The third-order valence-electron chi connectivity index (χ3n) is 2.21. The van der Waals surface area contributed by atoms with Crippen molar-refractivity contribution < 1.29 is 24.2 Å². The number of aliphatic hydroxyl groups excluding tert-OH is 1. The lowest BCUT2D eigenvalue weighted by molar-refractivity contribution is -0.151. The predicted molar refractivity (Wildman–Crippen MR) is 54.9 cm³/mol. The topological polar surface area (TPSA) is 79.9 Å². The van der Waals surface area contributed by atoms with Crippen molar-refractivity contribution in [2.45, 2.75) is 6.10 Å². The quantitative estimate of drug-likeness (QED) is 0.749. The molecular formula is C11H10O5. The second-order valence-corrected chi connectivity index (χ2v) is 3.30. The Morgan fingerprint density at radius 1 is 1.44 bits per heavy atom. The monoisotopic (exact) mass is 222 g/mol. The highest BCUT2D eigenvalue weighted by molar-refractivity contribution is 5.82. The molecule has 1 aromatic carbocycles. The van der Waals surface area contributed by atoms with Crippen molar-refractivity contribution in [1.29, 1.82) is 0 Å². The lowest BCUT2D eigenvalue weighted by Crippen LogP contribution is -2.12. The zero-order chi connectivity index (χ0) is 11.7. The number of phenols is 1. The van der Waals surface area contributed by atoms with E-state index in [4.69, 9.17) is 4.42 Å². The number of benzene rings is 1. The third kappa shape index (κ3) is 1.72. The summed E-state index contributed by atoms with van der Waals surface area (Å²) in [5.41, 5.74) is 0.482. The molecule has 1 atom stereocenters. The van der Waals surface area contributed by atoms with Crippen molar-refractivity contribution in [3.63, 3.8) is 0 Å². The van der Waals surface area contributed by atoms with Crippen LogP contribution in [0, 0.1) is 0 Å². The minimum atomic E-state index is -1.44. The fraction of sp³-hybridized carbons (Fsp3) is 0.182. The largest absolute Gasteiger partial charge is 0.508 e. The molecule has 0 saturated heterocycles. The predicted octanol–water partition coefficient (Wildman–Crippen LogP) is 1.34. The molecule has 0 spiro atoms. The minimum Gasteiger partial charge on any atom is -0.508 e. The zero-order valence-electron chi connectivity index (χ0n) is 8.51. The number of rotatable bonds is 2. The molecule has 0 saturated carbocycles. The fourth-order valence-electron chi connectivity index (χ4n) is 1.41. The van der Waals surface area contributed by atoms with Gasteiger partial charge in [-0.15, -0.1) is 0 Å². The first-order chi connectivity index (χ1) is 7.61. The molecule has 0 aliphatic carbocycles. The van der Waals surface area contributed by atoms with Gasteiger partial charge in [-0.2, -0.15) is 0 Å². The summed E-state index contributed by atoms with van der Waals surface area (Å²) in [6, 6.07) is 5.97. The van der Waals surface area contributed by atoms with Crippen LogP contribution in [0.3, 0.4) is 0 Å². The molecule has 2 rings (SSSR count). The number of aromatic hydroxyl groups is 1. The molecule has 1 aromatic heterocycles. The second kappa shape index (κ2) is 3.86. The number of ether oxygens (including phenoxy) is 1. The number of esters is 1. The van der Waals surface area contributed by atoms with Crippen LogP contribution in [0.4, 0.5) is 0 Å². The summed E-state index contributed by atoms with van der Waals surface area (Å²) in [6.07, 6.45) is -1.44. The first-order valence-corrected chi connectivity index (χ1v) is 4.60. The van der Waals surface area contributed by atoms with Gasteiger partial charge in [0.2, 0.25) is 6.10 Å². The molecule has 0 aliphatic rings. The molecule has 5 heteroatoms. The number of carbonyl (C=O) groups excluding carboxylic acids is 1. The Labute approximate surface area is 90.9 Å². The van der Waals surface area contributed by atoms with Gasteiger partial charge in [-0.25, -0.2) is 4.79 Å². The first-order valence-electron chi connectivity index (χ1n) is 4.60. The van der Waals surface area contributed by atoms with Gasteiger partial charge in [0.25, 0.3) is 0 Å². The number of hydrogen-bond acceptors (Lipinski definition) is 5. The van der Waals surface area contributed by atoms with E-state index in [0.717, 1.165) is 0 Å². The van der Waals surface area contributed by atoms with E-state index in [1.807, 2.05) is 0 Å². The van der Waals surface area contributed by atoms with Gasteiger partial charge >= 0.3 is 5.97 Å². The summed E-state index contributed by atoms with van der Waals surface area (Å²) in [4.78, 5) is 11.1. The average molecular weight is 222 g/mol. The molecule has 0 radical (unpaired) electrons. The van der Waals surface area contributed by atoms with Crippen LogP contribution < -0.4 is 0 Å². The Morgan fingerprint density at radius 3 is 2.88 bits per heavy atom. The third-order valence-corrected chi connectivity index (χ3v) is 2.21. The SMILES string of the molecule is COC(=O)C(O)c1cc2cc(O)ccc2o1. The summed E-state index contributed by atoms with van der Waals surface area (Å²) < 4.78 is 9.63. The second-order valence-electron chi connectivity index (χ2n) is 3.30. The van der Waals surface area contributed by atoms with Crippen LogP contribution in [0.2, 0.25) is 0 Å². The van der Waals surface area contributed by atoms with E-state index in [-0.39, 0.29) is 11.5 Å². The number of furan rings is 1. The number of phenolic OH excluding ortho intramolecular Hbond substituents is 1. The van der Waals surface area contributed by atoms with E-state index in [0.29, 0.717) is 11.0 Å². The van der Waals surface area contributed by atoms with Gasteiger partial charge in [0.15, 0.2) is 0 Å². The van der Waals surface area contributed by atoms with E-state index in [1.54, 1.807) is 6.07 Å². The van der Waals surface area contributed by atoms with Crippen molar-refractivity contribution in [2.24, 2.45) is 0 Å². The maximum atomic E-state index is 11.1. The normalized spacial score (nSPS) is 12.6. The molecule has 1 heterocycles. The smallest absolute Gasteiger partial charge is 0.342 e. The molecule has 2 aromatic rings. The molecule has 2 N–H and O–H groups in total. The van der Waals surface area contributed by atoms with Gasteiger partial charge in [-0.1, -0.05) is 0 Å². The maximum Gasteiger partial charge on any atom is 0.342 e. The lowest BCUT2D eigenvalue weighted by atomic mass is 10.2. The molecular weight excluding hydrogens is 212 g/mol. The van der Waals surface area contributed by atoms with E-state index in [1.165, 1.54) is 25.3 Å². The van der Waals surface area contributed by atoms with Crippen LogP contribution in [-0.4, -0.2) is 23.3 Å². The molecule has 0 bridgehead atoms. The zero-order valence-corrected chi connectivity index (χ0v) is 8.51. The highest BCUT2D eigenvalue weighted by atomic mass is 16.5. The van der Waals surface area contributed by atoms with E-state index in [9.17, 15) is 15.0 Å².